The summed E-state index contributed by atoms with van der Waals surface area (Å²) in [6.07, 6.45) is 5.77. The summed E-state index contributed by atoms with van der Waals surface area (Å²) < 4.78 is 5.62. The fraction of sp³-hybridized carbons (Fsp3) is 0.471. The molecule has 20 heavy (non-hydrogen) atoms. The van der Waals surface area contributed by atoms with Crippen molar-refractivity contribution in [3.63, 3.8) is 0 Å². The largest absolute Gasteiger partial charge is 0.303 e. The van der Waals surface area contributed by atoms with Gasteiger partial charge in [0.1, 0.15) is 0 Å². The summed E-state index contributed by atoms with van der Waals surface area (Å²) in [5, 5.41) is 1.32. The number of rotatable bonds is 3. The van der Waals surface area contributed by atoms with Crippen LogP contribution in [0, 0.1) is 11.8 Å². The summed E-state index contributed by atoms with van der Waals surface area (Å²) in [7, 11) is 0. The summed E-state index contributed by atoms with van der Waals surface area (Å²) in [6, 6.07) is 6.55. The average Bonchev–Trinajstić information content (AvgIpc) is 2.98. The summed E-state index contributed by atoms with van der Waals surface area (Å²) in [6.45, 7) is 8.29. The van der Waals surface area contributed by atoms with Crippen LogP contribution in [-0.4, -0.2) is 28.9 Å². The van der Waals surface area contributed by atoms with Gasteiger partial charge in [0.25, 0.3) is 0 Å². The first-order valence-corrected chi connectivity index (χ1v) is 8.31. The van der Waals surface area contributed by atoms with Crippen LogP contribution in [0.25, 0.3) is 10.1 Å². The minimum Gasteiger partial charge on any atom is -0.303 e. The van der Waals surface area contributed by atoms with Crippen LogP contribution in [0.5, 0.6) is 0 Å². The molecule has 2 nitrogen and oxygen atoms in total. The molecule has 0 amide bonds. The third-order valence-electron chi connectivity index (χ3n) is 5.09. The van der Waals surface area contributed by atoms with Gasteiger partial charge in [-0.3, -0.25) is 0 Å². The van der Waals surface area contributed by atoms with Crippen LogP contribution in [-0.2, 0) is 6.42 Å². The van der Waals surface area contributed by atoms with Gasteiger partial charge in [-0.2, -0.15) is 4.37 Å². The summed E-state index contributed by atoms with van der Waals surface area (Å²) in [5.41, 5.74) is 2.83. The molecule has 0 radical (unpaired) electrons. The van der Waals surface area contributed by atoms with E-state index in [4.69, 9.17) is 0 Å². The highest BCUT2D eigenvalue weighted by Gasteiger charge is 2.35. The molecule has 3 saturated heterocycles. The second kappa shape index (κ2) is 4.97. The van der Waals surface area contributed by atoms with Gasteiger partial charge in [-0.25, -0.2) is 0 Å². The van der Waals surface area contributed by atoms with E-state index < -0.39 is 0 Å². The molecular weight excluding hydrogens is 264 g/mol. The SMILES string of the molecule is C=C(Cc1cccc2sncc12)C1CN2CCC1CC2. The lowest BCUT2D eigenvalue weighted by Crippen LogP contribution is -2.48. The first-order chi connectivity index (χ1) is 9.81. The number of hydrogen-bond acceptors (Lipinski definition) is 3. The Labute approximate surface area is 124 Å². The summed E-state index contributed by atoms with van der Waals surface area (Å²) in [5.74, 6) is 1.59. The van der Waals surface area contributed by atoms with E-state index in [1.807, 2.05) is 6.20 Å². The topological polar surface area (TPSA) is 16.1 Å². The van der Waals surface area contributed by atoms with E-state index in [-0.39, 0.29) is 0 Å². The molecule has 1 atom stereocenters. The van der Waals surface area contributed by atoms with Gasteiger partial charge in [-0.05, 0) is 67.4 Å². The number of fused-ring (bicyclic) bond motifs is 4. The van der Waals surface area contributed by atoms with Gasteiger partial charge < -0.3 is 4.90 Å². The molecule has 3 heteroatoms. The zero-order valence-corrected chi connectivity index (χ0v) is 12.5. The van der Waals surface area contributed by atoms with Crippen molar-refractivity contribution < 1.29 is 0 Å². The van der Waals surface area contributed by atoms with Gasteiger partial charge >= 0.3 is 0 Å². The van der Waals surface area contributed by atoms with E-state index in [1.54, 1.807) is 11.5 Å². The molecular formula is C17H20N2S. The minimum atomic E-state index is 0.708. The van der Waals surface area contributed by atoms with Crippen LogP contribution in [0.4, 0.5) is 0 Å². The van der Waals surface area contributed by atoms with Crippen molar-refractivity contribution in [1.29, 1.82) is 0 Å². The highest BCUT2D eigenvalue weighted by atomic mass is 32.1. The zero-order valence-electron chi connectivity index (χ0n) is 11.7. The third-order valence-corrected chi connectivity index (χ3v) is 5.85. The maximum absolute atomic E-state index is 4.44. The molecule has 3 aliphatic rings. The van der Waals surface area contributed by atoms with E-state index in [9.17, 15) is 0 Å². The molecule has 0 spiro atoms. The van der Waals surface area contributed by atoms with Crippen molar-refractivity contribution in [2.75, 3.05) is 19.6 Å². The van der Waals surface area contributed by atoms with Crippen LogP contribution < -0.4 is 0 Å². The lowest BCUT2D eigenvalue weighted by atomic mass is 9.74. The Morgan fingerprint density at radius 1 is 1.35 bits per heavy atom. The Morgan fingerprint density at radius 3 is 2.95 bits per heavy atom. The fourth-order valence-corrected chi connectivity index (χ4v) is 4.60. The van der Waals surface area contributed by atoms with Crippen LogP contribution in [0.1, 0.15) is 18.4 Å². The molecule has 104 valence electrons. The van der Waals surface area contributed by atoms with E-state index >= 15 is 0 Å². The first kappa shape index (κ1) is 12.5. The monoisotopic (exact) mass is 284 g/mol. The van der Waals surface area contributed by atoms with Gasteiger partial charge in [0.2, 0.25) is 0 Å². The summed E-state index contributed by atoms with van der Waals surface area (Å²) >= 11 is 1.59. The normalized spacial score (nSPS) is 28.9. The first-order valence-electron chi connectivity index (χ1n) is 7.53. The smallest absolute Gasteiger partial charge is 0.0552 e. The minimum absolute atomic E-state index is 0.708. The predicted octanol–water partition coefficient (Wildman–Crippen LogP) is 3.74. The van der Waals surface area contributed by atoms with E-state index in [0.29, 0.717) is 5.92 Å². The number of hydrogen-bond donors (Lipinski definition) is 0. The Bertz CT molecular complexity index is 637. The molecule has 0 saturated carbocycles. The van der Waals surface area contributed by atoms with Crippen molar-refractivity contribution in [3.8, 4) is 0 Å². The molecule has 5 rings (SSSR count). The standard InChI is InChI=1S/C17H20N2S/c1-12(16-11-19-7-5-13(16)6-8-19)9-14-3-2-4-17-15(14)10-18-20-17/h2-4,10,13,16H,1,5-9,11H2. The quantitative estimate of drug-likeness (QED) is 0.798. The Hall–Kier alpha value is -1.19. The molecule has 0 aliphatic carbocycles. The van der Waals surface area contributed by atoms with Crippen LogP contribution in [0.15, 0.2) is 36.5 Å². The molecule has 3 fully saturated rings. The van der Waals surface area contributed by atoms with Crippen molar-refractivity contribution in [3.05, 3.63) is 42.1 Å². The number of benzene rings is 1. The maximum atomic E-state index is 4.44. The second-order valence-electron chi connectivity index (χ2n) is 6.23. The van der Waals surface area contributed by atoms with Gasteiger partial charge in [-0.1, -0.05) is 24.3 Å². The highest BCUT2D eigenvalue weighted by molar-refractivity contribution is 7.13. The highest BCUT2D eigenvalue weighted by Crippen LogP contribution is 2.37. The Morgan fingerprint density at radius 2 is 2.20 bits per heavy atom. The van der Waals surface area contributed by atoms with Gasteiger partial charge in [-0.15, -0.1) is 0 Å². The molecule has 2 bridgehead atoms. The molecule has 3 aliphatic heterocycles. The molecule has 1 aromatic carbocycles. The van der Waals surface area contributed by atoms with Crippen molar-refractivity contribution >= 4 is 21.6 Å². The summed E-state index contributed by atoms with van der Waals surface area (Å²) in [4.78, 5) is 2.61. The maximum Gasteiger partial charge on any atom is 0.0552 e. The van der Waals surface area contributed by atoms with Gasteiger partial charge in [0.05, 0.1) is 4.70 Å². The van der Waals surface area contributed by atoms with Crippen molar-refractivity contribution in [2.45, 2.75) is 19.3 Å². The number of piperidine rings is 3. The van der Waals surface area contributed by atoms with E-state index in [1.165, 1.54) is 53.7 Å². The lowest BCUT2D eigenvalue weighted by Gasteiger charge is -2.45. The van der Waals surface area contributed by atoms with E-state index in [0.717, 1.165) is 12.3 Å². The van der Waals surface area contributed by atoms with Crippen LogP contribution in [0.3, 0.4) is 0 Å². The number of nitrogens with zero attached hydrogens (tertiary/aromatic N) is 2. The number of aromatic nitrogens is 1. The Balaban J connectivity index is 1.57. The van der Waals surface area contributed by atoms with Crippen LogP contribution >= 0.6 is 11.5 Å². The zero-order chi connectivity index (χ0) is 13.5. The molecule has 1 unspecified atom stereocenters. The lowest BCUT2D eigenvalue weighted by molar-refractivity contribution is 0.0675. The van der Waals surface area contributed by atoms with Crippen molar-refractivity contribution in [2.24, 2.45) is 11.8 Å². The fourth-order valence-electron chi connectivity index (χ4n) is 3.91. The molecule has 2 aromatic rings. The van der Waals surface area contributed by atoms with Crippen molar-refractivity contribution in [1.82, 2.24) is 9.27 Å². The van der Waals surface area contributed by atoms with E-state index in [2.05, 4.69) is 34.1 Å². The predicted molar refractivity (Wildman–Crippen MR) is 85.1 cm³/mol. The molecule has 0 N–H and O–H groups in total. The second-order valence-corrected chi connectivity index (χ2v) is 7.07. The third kappa shape index (κ3) is 2.09. The Kier molecular flexibility index (Phi) is 3.12. The van der Waals surface area contributed by atoms with Gasteiger partial charge in [0.15, 0.2) is 0 Å². The molecule has 4 heterocycles. The average molecular weight is 284 g/mol. The molecule has 1 aromatic heterocycles. The van der Waals surface area contributed by atoms with Crippen LogP contribution in [0.2, 0.25) is 0 Å². The van der Waals surface area contributed by atoms with Gasteiger partial charge in [0, 0.05) is 18.1 Å².